The van der Waals surface area contributed by atoms with Gasteiger partial charge >= 0.3 is 6.03 Å². The van der Waals surface area contributed by atoms with Crippen LogP contribution >= 0.6 is 0 Å². The largest absolute Gasteiger partial charge is 0.325 e. The molecule has 1 heterocycles. The van der Waals surface area contributed by atoms with Gasteiger partial charge in [-0.25, -0.2) is 13.6 Å². The number of carbonyl (C=O) groups is 2. The van der Waals surface area contributed by atoms with Crippen molar-refractivity contribution in [2.45, 2.75) is 38.8 Å². The Bertz CT molecular complexity index is 556. The second-order valence-electron chi connectivity index (χ2n) is 4.82. The van der Waals surface area contributed by atoms with Gasteiger partial charge in [-0.2, -0.15) is 0 Å². The molecule has 20 heavy (non-hydrogen) atoms. The summed E-state index contributed by atoms with van der Waals surface area (Å²) in [5, 5.41) is 2.25. The van der Waals surface area contributed by atoms with Crippen LogP contribution in [0.3, 0.4) is 0 Å². The third-order valence-electron chi connectivity index (χ3n) is 3.91. The van der Waals surface area contributed by atoms with Gasteiger partial charge in [-0.05, 0) is 31.0 Å². The van der Waals surface area contributed by atoms with Gasteiger partial charge in [-0.15, -0.1) is 0 Å². The number of nitrogens with zero attached hydrogens (tertiary/aromatic N) is 1. The molecule has 0 saturated carbocycles. The molecule has 0 bridgehead atoms. The Labute approximate surface area is 115 Å². The number of urea groups is 1. The van der Waals surface area contributed by atoms with E-state index in [1.165, 1.54) is 4.90 Å². The van der Waals surface area contributed by atoms with E-state index in [0.29, 0.717) is 12.8 Å². The Morgan fingerprint density at radius 3 is 2.45 bits per heavy atom. The molecule has 0 unspecified atom stereocenters. The Morgan fingerprint density at radius 1 is 1.20 bits per heavy atom. The summed E-state index contributed by atoms with van der Waals surface area (Å²) >= 11 is 0. The third-order valence-corrected chi connectivity index (χ3v) is 3.91. The van der Waals surface area contributed by atoms with Crippen LogP contribution in [0.2, 0.25) is 0 Å². The van der Waals surface area contributed by atoms with Crippen LogP contribution in [0, 0.1) is 11.6 Å². The molecule has 0 radical (unpaired) electrons. The number of imide groups is 1. The maximum absolute atomic E-state index is 13.7. The fourth-order valence-electron chi connectivity index (χ4n) is 2.61. The van der Waals surface area contributed by atoms with Gasteiger partial charge < -0.3 is 4.90 Å². The first-order valence-corrected chi connectivity index (χ1v) is 6.51. The Balaban J connectivity index is 2.37. The number of halogens is 2. The van der Waals surface area contributed by atoms with Crippen LogP contribution in [-0.2, 0) is 11.3 Å². The maximum atomic E-state index is 13.7. The van der Waals surface area contributed by atoms with Crippen LogP contribution in [0.5, 0.6) is 0 Å². The van der Waals surface area contributed by atoms with Crippen LogP contribution in [0.4, 0.5) is 13.6 Å². The smallest absolute Gasteiger partial charge is 0.305 e. The summed E-state index contributed by atoms with van der Waals surface area (Å²) in [5.74, 6) is -1.56. The summed E-state index contributed by atoms with van der Waals surface area (Å²) in [4.78, 5) is 25.2. The maximum Gasteiger partial charge on any atom is 0.325 e. The SMILES string of the molecule is CCC1(CC)C(=O)NC(=O)N1Cc1cc(F)ccc1F. The lowest BCUT2D eigenvalue weighted by atomic mass is 9.91. The number of hydrogen-bond acceptors (Lipinski definition) is 2. The molecule has 0 spiro atoms. The van der Waals surface area contributed by atoms with Crippen molar-refractivity contribution in [3.05, 3.63) is 35.4 Å². The van der Waals surface area contributed by atoms with Gasteiger partial charge in [0.1, 0.15) is 17.2 Å². The third kappa shape index (κ3) is 2.15. The normalized spacial score (nSPS) is 17.5. The summed E-state index contributed by atoms with van der Waals surface area (Å²) < 4.78 is 26.9. The summed E-state index contributed by atoms with van der Waals surface area (Å²) in [6.45, 7) is 3.44. The topological polar surface area (TPSA) is 49.4 Å². The van der Waals surface area contributed by atoms with E-state index in [9.17, 15) is 18.4 Å². The molecule has 4 nitrogen and oxygen atoms in total. The molecule has 6 heteroatoms. The number of benzene rings is 1. The zero-order chi connectivity index (χ0) is 14.9. The van der Waals surface area contributed by atoms with E-state index in [2.05, 4.69) is 5.32 Å². The lowest BCUT2D eigenvalue weighted by Gasteiger charge is -2.33. The Kier molecular flexibility index (Phi) is 3.74. The Hall–Kier alpha value is -1.98. The minimum Gasteiger partial charge on any atom is -0.305 e. The average Bonchev–Trinajstić information content (AvgIpc) is 2.65. The first-order chi connectivity index (χ1) is 9.44. The van der Waals surface area contributed by atoms with Crippen molar-refractivity contribution in [1.82, 2.24) is 10.2 Å². The summed E-state index contributed by atoms with van der Waals surface area (Å²) in [7, 11) is 0. The van der Waals surface area contributed by atoms with Gasteiger partial charge in [-0.3, -0.25) is 10.1 Å². The molecule has 1 fully saturated rings. The molecule has 1 aromatic carbocycles. The molecule has 1 aliphatic heterocycles. The lowest BCUT2D eigenvalue weighted by Crippen LogP contribution is -2.48. The second kappa shape index (κ2) is 5.19. The van der Waals surface area contributed by atoms with Gasteiger partial charge in [0.05, 0.1) is 6.54 Å². The standard InChI is InChI=1S/C14H16F2N2O2/c1-3-14(4-2)12(19)17-13(20)18(14)8-9-7-10(15)5-6-11(9)16/h5-7H,3-4,8H2,1-2H3,(H,17,19,20). The fraction of sp³-hybridized carbons (Fsp3) is 0.429. The van der Waals surface area contributed by atoms with Crippen molar-refractivity contribution in [2.24, 2.45) is 0 Å². The molecule has 0 atom stereocenters. The highest BCUT2D eigenvalue weighted by atomic mass is 19.1. The highest BCUT2D eigenvalue weighted by molar-refractivity contribution is 6.06. The molecule has 0 aromatic heterocycles. The van der Waals surface area contributed by atoms with Gasteiger partial charge in [0.2, 0.25) is 0 Å². The van der Waals surface area contributed by atoms with Crippen molar-refractivity contribution in [3.8, 4) is 0 Å². The van der Waals surface area contributed by atoms with E-state index < -0.39 is 23.2 Å². The fourth-order valence-corrected chi connectivity index (χ4v) is 2.61. The van der Waals surface area contributed by atoms with Gasteiger partial charge in [0.15, 0.2) is 0 Å². The van der Waals surface area contributed by atoms with Crippen molar-refractivity contribution in [1.29, 1.82) is 0 Å². The first-order valence-electron chi connectivity index (χ1n) is 6.51. The van der Waals surface area contributed by atoms with E-state index in [-0.39, 0.29) is 18.0 Å². The van der Waals surface area contributed by atoms with Crippen LogP contribution in [0.15, 0.2) is 18.2 Å². The molecular weight excluding hydrogens is 266 g/mol. The van der Waals surface area contributed by atoms with Crippen molar-refractivity contribution < 1.29 is 18.4 Å². The quantitative estimate of drug-likeness (QED) is 0.863. The van der Waals surface area contributed by atoms with Crippen LogP contribution < -0.4 is 5.32 Å². The van der Waals surface area contributed by atoms with Gasteiger partial charge in [0, 0.05) is 5.56 Å². The molecule has 1 aliphatic rings. The van der Waals surface area contributed by atoms with Crippen LogP contribution in [0.1, 0.15) is 32.3 Å². The minimum atomic E-state index is -0.990. The number of hydrogen-bond donors (Lipinski definition) is 1. The summed E-state index contributed by atoms with van der Waals surface area (Å²) in [6, 6.07) is 2.50. The molecule has 108 valence electrons. The molecular formula is C14H16F2N2O2. The van der Waals surface area contributed by atoms with Crippen LogP contribution in [0.25, 0.3) is 0 Å². The summed E-state index contributed by atoms with van der Waals surface area (Å²) in [5.41, 5.74) is -0.934. The van der Waals surface area contributed by atoms with Crippen LogP contribution in [-0.4, -0.2) is 22.4 Å². The van der Waals surface area contributed by atoms with Crippen molar-refractivity contribution in [3.63, 3.8) is 0 Å². The van der Waals surface area contributed by atoms with E-state index in [1.54, 1.807) is 13.8 Å². The van der Waals surface area contributed by atoms with Gasteiger partial charge in [-0.1, -0.05) is 13.8 Å². The predicted molar refractivity (Wildman–Crippen MR) is 68.8 cm³/mol. The monoisotopic (exact) mass is 282 g/mol. The predicted octanol–water partition coefficient (Wildman–Crippen LogP) is 2.58. The highest BCUT2D eigenvalue weighted by Crippen LogP contribution is 2.31. The number of nitrogens with one attached hydrogen (secondary N) is 1. The van der Waals surface area contributed by atoms with E-state index in [1.807, 2.05) is 0 Å². The zero-order valence-corrected chi connectivity index (χ0v) is 11.4. The molecule has 0 aliphatic carbocycles. The molecule has 3 amide bonds. The molecule has 1 saturated heterocycles. The van der Waals surface area contributed by atoms with Crippen molar-refractivity contribution >= 4 is 11.9 Å². The average molecular weight is 282 g/mol. The highest BCUT2D eigenvalue weighted by Gasteiger charge is 2.50. The zero-order valence-electron chi connectivity index (χ0n) is 11.4. The summed E-state index contributed by atoms with van der Waals surface area (Å²) in [6.07, 6.45) is 0.829. The van der Waals surface area contributed by atoms with E-state index in [4.69, 9.17) is 0 Å². The lowest BCUT2D eigenvalue weighted by molar-refractivity contribution is -0.127. The molecule has 1 aromatic rings. The van der Waals surface area contributed by atoms with E-state index in [0.717, 1.165) is 18.2 Å². The molecule has 1 N–H and O–H groups in total. The second-order valence-corrected chi connectivity index (χ2v) is 4.82. The van der Waals surface area contributed by atoms with Crippen molar-refractivity contribution in [2.75, 3.05) is 0 Å². The number of amides is 3. The van der Waals surface area contributed by atoms with Gasteiger partial charge in [0.25, 0.3) is 5.91 Å². The Morgan fingerprint density at radius 2 is 1.85 bits per heavy atom. The van der Waals surface area contributed by atoms with E-state index >= 15 is 0 Å². The minimum absolute atomic E-state index is 0.0566. The first kappa shape index (κ1) is 14.4. The number of rotatable bonds is 4. The number of carbonyl (C=O) groups excluding carboxylic acids is 2. The molecule has 2 rings (SSSR count).